The summed E-state index contributed by atoms with van der Waals surface area (Å²) in [6.07, 6.45) is 3.08. The number of phenols is 1. The highest BCUT2D eigenvalue weighted by Gasteiger charge is 2.27. The van der Waals surface area contributed by atoms with Crippen molar-refractivity contribution in [2.45, 2.75) is 59.3 Å². The van der Waals surface area contributed by atoms with Gasteiger partial charge in [-0.25, -0.2) is 4.79 Å². The Morgan fingerprint density at radius 2 is 1.67 bits per heavy atom. The number of aromatic hydroxyl groups is 1. The molecule has 0 saturated heterocycles. The van der Waals surface area contributed by atoms with Crippen LogP contribution in [-0.4, -0.2) is 24.8 Å². The largest absolute Gasteiger partial charge is 0.507 e. The quantitative estimate of drug-likeness (QED) is 0.468. The Morgan fingerprint density at radius 1 is 1.00 bits per heavy atom. The number of hydrogen-bond acceptors (Lipinski definition) is 4. The van der Waals surface area contributed by atoms with Crippen molar-refractivity contribution in [3.8, 4) is 22.6 Å². The van der Waals surface area contributed by atoms with Gasteiger partial charge in [-0.15, -0.1) is 0 Å². The minimum Gasteiger partial charge on any atom is -0.507 e. The molecule has 0 amide bonds. The highest BCUT2D eigenvalue weighted by atomic mass is 16.5. The normalized spacial score (nSPS) is 12.3. The summed E-state index contributed by atoms with van der Waals surface area (Å²) < 4.78 is 10.8. The molecule has 0 aromatic heterocycles. The molecule has 0 spiro atoms. The van der Waals surface area contributed by atoms with Crippen molar-refractivity contribution < 1.29 is 19.4 Å². The maximum Gasteiger partial charge on any atom is 0.330 e. The topological polar surface area (TPSA) is 55.8 Å². The highest BCUT2D eigenvalue weighted by Crippen LogP contribution is 2.45. The molecule has 2 rings (SSSR count). The third kappa shape index (κ3) is 5.44. The second-order valence-electron chi connectivity index (χ2n) is 9.47. The van der Waals surface area contributed by atoms with Gasteiger partial charge in [-0.05, 0) is 53.2 Å². The van der Waals surface area contributed by atoms with E-state index in [0.717, 1.165) is 28.0 Å². The molecule has 1 N–H and O–H groups in total. The summed E-state index contributed by atoms with van der Waals surface area (Å²) in [4.78, 5) is 11.7. The van der Waals surface area contributed by atoms with Crippen LogP contribution in [0, 0.1) is 0 Å². The van der Waals surface area contributed by atoms with E-state index < -0.39 is 5.97 Å². The van der Waals surface area contributed by atoms with Gasteiger partial charge < -0.3 is 14.6 Å². The smallest absolute Gasteiger partial charge is 0.330 e. The monoisotopic (exact) mass is 410 g/mol. The van der Waals surface area contributed by atoms with Crippen LogP contribution < -0.4 is 4.74 Å². The van der Waals surface area contributed by atoms with Crippen LogP contribution in [0.5, 0.6) is 11.5 Å². The molecule has 0 fully saturated rings. The minimum absolute atomic E-state index is 0.0714. The van der Waals surface area contributed by atoms with Gasteiger partial charge >= 0.3 is 5.97 Å². The van der Waals surface area contributed by atoms with Gasteiger partial charge in [0.1, 0.15) is 11.5 Å². The Balaban J connectivity index is 2.73. The van der Waals surface area contributed by atoms with Crippen LogP contribution in [0.15, 0.2) is 36.4 Å². The van der Waals surface area contributed by atoms with Crippen molar-refractivity contribution in [2.75, 3.05) is 13.7 Å². The summed E-state index contributed by atoms with van der Waals surface area (Å²) in [5.41, 5.74) is 4.31. The first-order valence-electron chi connectivity index (χ1n) is 10.3. The molecule has 0 radical (unpaired) electrons. The van der Waals surface area contributed by atoms with E-state index in [0.29, 0.717) is 12.2 Å². The Labute approximate surface area is 180 Å². The first-order chi connectivity index (χ1) is 13.9. The van der Waals surface area contributed by atoms with Crippen LogP contribution in [0.2, 0.25) is 0 Å². The molecule has 0 saturated carbocycles. The number of rotatable bonds is 5. The molecule has 162 valence electrons. The van der Waals surface area contributed by atoms with E-state index in [2.05, 4.69) is 53.7 Å². The van der Waals surface area contributed by atoms with Crippen molar-refractivity contribution in [2.24, 2.45) is 0 Å². The average molecular weight is 411 g/mol. The zero-order valence-corrected chi connectivity index (χ0v) is 19.4. The predicted molar refractivity (Wildman–Crippen MR) is 123 cm³/mol. The van der Waals surface area contributed by atoms with E-state index in [-0.39, 0.29) is 16.6 Å². The van der Waals surface area contributed by atoms with E-state index in [9.17, 15) is 9.90 Å². The van der Waals surface area contributed by atoms with Crippen molar-refractivity contribution in [1.29, 1.82) is 0 Å². The molecule has 2 aromatic rings. The number of methoxy groups -OCH3 is 1. The Hall–Kier alpha value is -2.75. The summed E-state index contributed by atoms with van der Waals surface area (Å²) >= 11 is 0. The highest BCUT2D eigenvalue weighted by molar-refractivity contribution is 5.88. The molecule has 4 nitrogen and oxygen atoms in total. The fraction of sp³-hybridized carbons (Fsp3) is 0.423. The van der Waals surface area contributed by atoms with Crippen LogP contribution >= 0.6 is 0 Å². The summed E-state index contributed by atoms with van der Waals surface area (Å²) in [5.74, 6) is 0.513. The first-order valence-corrected chi connectivity index (χ1v) is 10.3. The van der Waals surface area contributed by atoms with Gasteiger partial charge in [0.05, 0.1) is 13.7 Å². The van der Waals surface area contributed by atoms with E-state index in [1.165, 1.54) is 6.08 Å². The van der Waals surface area contributed by atoms with E-state index in [4.69, 9.17) is 9.47 Å². The van der Waals surface area contributed by atoms with Crippen molar-refractivity contribution in [3.63, 3.8) is 0 Å². The maximum absolute atomic E-state index is 11.7. The molecule has 2 aromatic carbocycles. The van der Waals surface area contributed by atoms with Gasteiger partial charge in [-0.2, -0.15) is 0 Å². The van der Waals surface area contributed by atoms with Gasteiger partial charge in [0.15, 0.2) is 0 Å². The zero-order chi connectivity index (χ0) is 22.7. The van der Waals surface area contributed by atoms with E-state index in [1.54, 1.807) is 32.2 Å². The first kappa shape index (κ1) is 23.5. The van der Waals surface area contributed by atoms with Crippen molar-refractivity contribution >= 4 is 12.0 Å². The maximum atomic E-state index is 11.7. The van der Waals surface area contributed by atoms with Gasteiger partial charge in [0.2, 0.25) is 0 Å². The van der Waals surface area contributed by atoms with Crippen LogP contribution in [0.25, 0.3) is 17.2 Å². The molecular weight excluding hydrogens is 376 g/mol. The number of benzene rings is 2. The third-order valence-corrected chi connectivity index (χ3v) is 4.98. The second-order valence-corrected chi connectivity index (χ2v) is 9.47. The Bertz CT molecular complexity index is 941. The van der Waals surface area contributed by atoms with Crippen LogP contribution in [-0.2, 0) is 20.4 Å². The second kappa shape index (κ2) is 8.95. The molecule has 0 aliphatic rings. The summed E-state index contributed by atoms with van der Waals surface area (Å²) in [6.45, 7) is 15.1. The number of esters is 1. The minimum atomic E-state index is -0.394. The molecule has 0 aliphatic carbocycles. The predicted octanol–water partition coefficient (Wildman–Crippen LogP) is 6.24. The molecular formula is C26H34O4. The zero-order valence-electron chi connectivity index (χ0n) is 19.4. The molecule has 30 heavy (non-hydrogen) atoms. The van der Waals surface area contributed by atoms with E-state index in [1.807, 2.05) is 6.07 Å². The van der Waals surface area contributed by atoms with Crippen LogP contribution in [0.1, 0.15) is 65.2 Å². The lowest BCUT2D eigenvalue weighted by atomic mass is 9.78. The fourth-order valence-electron chi connectivity index (χ4n) is 3.27. The average Bonchev–Trinajstić information content (AvgIpc) is 2.65. The lowest BCUT2D eigenvalue weighted by Crippen LogP contribution is -2.18. The number of carbonyl (C=O) groups is 1. The molecule has 0 aliphatic heterocycles. The Morgan fingerprint density at radius 3 is 2.20 bits per heavy atom. The lowest BCUT2D eigenvalue weighted by Gasteiger charge is -2.29. The van der Waals surface area contributed by atoms with Gasteiger partial charge in [0, 0.05) is 22.8 Å². The third-order valence-electron chi connectivity index (χ3n) is 4.98. The van der Waals surface area contributed by atoms with Crippen molar-refractivity contribution in [3.05, 3.63) is 53.1 Å². The number of ether oxygens (including phenoxy) is 2. The van der Waals surface area contributed by atoms with Gasteiger partial charge in [-0.1, -0.05) is 53.7 Å². The SMILES string of the molecule is CCOC(=O)C=Cc1ccc(O)c(-c2cc(C(C)(C)C)cc(C(C)(C)C)c2OC)c1. The number of carbonyl (C=O) groups excluding carboxylic acids is 1. The number of phenolic OH excluding ortho intramolecular Hbond substituents is 1. The molecule has 0 unspecified atom stereocenters. The summed E-state index contributed by atoms with van der Waals surface area (Å²) in [6, 6.07) is 9.55. The van der Waals surface area contributed by atoms with E-state index >= 15 is 0 Å². The summed E-state index contributed by atoms with van der Waals surface area (Å²) in [5, 5.41) is 10.7. The lowest BCUT2D eigenvalue weighted by molar-refractivity contribution is -0.137. The summed E-state index contributed by atoms with van der Waals surface area (Å²) in [7, 11) is 1.66. The molecule has 0 bridgehead atoms. The van der Waals surface area contributed by atoms with Crippen LogP contribution in [0.3, 0.4) is 0 Å². The van der Waals surface area contributed by atoms with Gasteiger partial charge in [-0.3, -0.25) is 0 Å². The van der Waals surface area contributed by atoms with Crippen molar-refractivity contribution in [1.82, 2.24) is 0 Å². The molecule has 0 heterocycles. The standard InChI is InChI=1S/C26H34O4/c1-9-30-23(28)13-11-17-10-12-22(27)19(14-17)20-15-18(25(2,3)4)16-21(24(20)29-8)26(5,6)7/h10-16,27H,9H2,1-8H3. The van der Waals surface area contributed by atoms with Crippen LogP contribution in [0.4, 0.5) is 0 Å². The molecule has 4 heteroatoms. The Kier molecular flexibility index (Phi) is 7.02. The molecule has 0 atom stereocenters. The fourth-order valence-corrected chi connectivity index (χ4v) is 3.27. The van der Waals surface area contributed by atoms with Gasteiger partial charge in [0.25, 0.3) is 0 Å². The number of hydrogen-bond donors (Lipinski definition) is 1.